The minimum atomic E-state index is -0.564. The molecule has 0 N–H and O–H groups in total. The Morgan fingerprint density at radius 1 is 1.10 bits per heavy atom. The molecule has 5 heteroatoms. The van der Waals surface area contributed by atoms with Gasteiger partial charge in [-0.15, -0.1) is 11.6 Å². The van der Waals surface area contributed by atoms with Gasteiger partial charge in [0.15, 0.2) is 0 Å². The number of hydrogen-bond donors (Lipinski definition) is 0. The summed E-state index contributed by atoms with van der Waals surface area (Å²) in [6.45, 7) is 0. The number of fused-ring (bicyclic) bond motifs is 1. The van der Waals surface area contributed by atoms with Crippen molar-refractivity contribution in [3.05, 3.63) is 76.0 Å². The van der Waals surface area contributed by atoms with E-state index in [2.05, 4.69) is 0 Å². The van der Waals surface area contributed by atoms with Gasteiger partial charge < -0.3 is 4.42 Å². The van der Waals surface area contributed by atoms with Gasteiger partial charge in [-0.05, 0) is 28.8 Å². The molecule has 1 unspecified atom stereocenters. The van der Waals surface area contributed by atoms with Gasteiger partial charge in [-0.25, -0.2) is 0 Å². The van der Waals surface area contributed by atoms with E-state index in [1.54, 1.807) is 6.07 Å². The summed E-state index contributed by atoms with van der Waals surface area (Å²) in [6, 6.07) is 17.0. The van der Waals surface area contributed by atoms with Gasteiger partial charge in [-0.1, -0.05) is 42.5 Å². The SMILES string of the molecule is O=[N+]([O-])c1ccc(C(Cl)Cc2cccc3ccccc23)o1. The molecule has 0 amide bonds. The van der Waals surface area contributed by atoms with E-state index < -0.39 is 10.3 Å². The van der Waals surface area contributed by atoms with Gasteiger partial charge in [0.1, 0.15) is 10.7 Å². The number of halogens is 1. The van der Waals surface area contributed by atoms with E-state index in [4.69, 9.17) is 16.0 Å². The first-order chi connectivity index (χ1) is 10.1. The normalized spacial score (nSPS) is 12.4. The highest BCUT2D eigenvalue weighted by Gasteiger charge is 2.19. The van der Waals surface area contributed by atoms with E-state index >= 15 is 0 Å². The van der Waals surface area contributed by atoms with Gasteiger partial charge in [0.05, 0.1) is 11.4 Å². The van der Waals surface area contributed by atoms with E-state index in [-0.39, 0.29) is 5.88 Å². The summed E-state index contributed by atoms with van der Waals surface area (Å²) in [5.74, 6) is 0.130. The predicted molar refractivity (Wildman–Crippen MR) is 81.6 cm³/mol. The maximum Gasteiger partial charge on any atom is 0.433 e. The molecule has 0 saturated heterocycles. The average Bonchev–Trinajstić information content (AvgIpc) is 2.98. The lowest BCUT2D eigenvalue weighted by molar-refractivity contribution is -0.402. The van der Waals surface area contributed by atoms with E-state index in [0.717, 1.165) is 16.3 Å². The maximum absolute atomic E-state index is 10.6. The molecule has 0 radical (unpaired) electrons. The number of nitro groups is 1. The van der Waals surface area contributed by atoms with Gasteiger partial charge >= 0.3 is 5.88 Å². The van der Waals surface area contributed by atoms with Crippen LogP contribution in [0, 0.1) is 10.1 Å². The Morgan fingerprint density at radius 2 is 1.86 bits per heavy atom. The van der Waals surface area contributed by atoms with Crippen molar-refractivity contribution in [2.75, 3.05) is 0 Å². The molecule has 21 heavy (non-hydrogen) atoms. The predicted octanol–water partition coefficient (Wildman–Crippen LogP) is 4.86. The third-order valence-electron chi connectivity index (χ3n) is 3.38. The molecule has 3 aromatic rings. The molecule has 1 atom stereocenters. The van der Waals surface area contributed by atoms with E-state index in [1.807, 2.05) is 42.5 Å². The van der Waals surface area contributed by atoms with Crippen LogP contribution in [0.3, 0.4) is 0 Å². The third kappa shape index (κ3) is 2.76. The van der Waals surface area contributed by atoms with E-state index in [9.17, 15) is 10.1 Å². The molecular weight excluding hydrogens is 290 g/mol. The lowest BCUT2D eigenvalue weighted by Crippen LogP contribution is -1.95. The summed E-state index contributed by atoms with van der Waals surface area (Å²) in [5, 5.41) is 12.5. The van der Waals surface area contributed by atoms with Crippen molar-refractivity contribution in [2.24, 2.45) is 0 Å². The highest BCUT2D eigenvalue weighted by molar-refractivity contribution is 6.20. The second kappa shape index (κ2) is 5.58. The summed E-state index contributed by atoms with van der Waals surface area (Å²) in [5.41, 5.74) is 1.09. The third-order valence-corrected chi connectivity index (χ3v) is 3.75. The Bertz CT molecular complexity index is 792. The Labute approximate surface area is 126 Å². The van der Waals surface area contributed by atoms with Crippen molar-refractivity contribution in [1.29, 1.82) is 0 Å². The molecule has 2 aromatic carbocycles. The zero-order chi connectivity index (χ0) is 14.8. The Balaban J connectivity index is 1.89. The number of benzene rings is 2. The molecule has 0 fully saturated rings. The fraction of sp³-hybridized carbons (Fsp3) is 0.125. The summed E-state index contributed by atoms with van der Waals surface area (Å²) in [7, 11) is 0. The fourth-order valence-electron chi connectivity index (χ4n) is 2.37. The number of furan rings is 1. The molecule has 0 saturated carbocycles. The smallest absolute Gasteiger partial charge is 0.404 e. The lowest BCUT2D eigenvalue weighted by atomic mass is 10.0. The fourth-order valence-corrected chi connectivity index (χ4v) is 2.66. The van der Waals surface area contributed by atoms with Crippen molar-refractivity contribution in [2.45, 2.75) is 11.8 Å². The van der Waals surface area contributed by atoms with Crippen molar-refractivity contribution in [3.63, 3.8) is 0 Å². The first kappa shape index (κ1) is 13.6. The minimum absolute atomic E-state index is 0.284. The Kier molecular flexibility index (Phi) is 3.62. The molecule has 3 rings (SSSR count). The highest BCUT2D eigenvalue weighted by Crippen LogP contribution is 2.31. The van der Waals surface area contributed by atoms with Crippen molar-refractivity contribution >= 4 is 28.3 Å². The average molecular weight is 302 g/mol. The Hall–Kier alpha value is -2.33. The summed E-state index contributed by atoms with van der Waals surface area (Å²) in [4.78, 5) is 10.1. The molecule has 0 aliphatic carbocycles. The molecule has 0 spiro atoms. The zero-order valence-corrected chi connectivity index (χ0v) is 11.8. The van der Waals surface area contributed by atoms with Crippen LogP contribution in [0.5, 0.6) is 0 Å². The van der Waals surface area contributed by atoms with Gasteiger partial charge in [0, 0.05) is 0 Å². The number of hydrogen-bond acceptors (Lipinski definition) is 3. The molecule has 106 valence electrons. The van der Waals surface area contributed by atoms with Crippen LogP contribution in [0.15, 0.2) is 59.0 Å². The van der Waals surface area contributed by atoms with Crippen LogP contribution in [-0.2, 0) is 6.42 Å². The molecular formula is C16H12ClNO3. The zero-order valence-electron chi connectivity index (χ0n) is 11.0. The lowest BCUT2D eigenvalue weighted by Gasteiger charge is -2.09. The summed E-state index contributed by atoms with van der Waals surface area (Å²) in [6.07, 6.45) is 0.549. The Morgan fingerprint density at radius 3 is 2.62 bits per heavy atom. The molecule has 4 nitrogen and oxygen atoms in total. The topological polar surface area (TPSA) is 56.3 Å². The maximum atomic E-state index is 10.6. The van der Waals surface area contributed by atoms with Crippen LogP contribution in [-0.4, -0.2) is 4.92 Å². The first-order valence-electron chi connectivity index (χ1n) is 6.50. The second-order valence-electron chi connectivity index (χ2n) is 4.74. The van der Waals surface area contributed by atoms with Crippen LogP contribution in [0.1, 0.15) is 16.7 Å². The van der Waals surface area contributed by atoms with Crippen molar-refractivity contribution < 1.29 is 9.34 Å². The highest BCUT2D eigenvalue weighted by atomic mass is 35.5. The van der Waals surface area contributed by atoms with Gasteiger partial charge in [0.2, 0.25) is 0 Å². The van der Waals surface area contributed by atoms with Crippen LogP contribution in [0.4, 0.5) is 5.88 Å². The number of nitrogens with zero attached hydrogens (tertiary/aromatic N) is 1. The monoisotopic (exact) mass is 301 g/mol. The molecule has 1 heterocycles. The van der Waals surface area contributed by atoms with Crippen molar-refractivity contribution in [3.8, 4) is 0 Å². The first-order valence-corrected chi connectivity index (χ1v) is 6.93. The van der Waals surface area contributed by atoms with Gasteiger partial charge in [0.25, 0.3) is 0 Å². The largest absolute Gasteiger partial charge is 0.433 e. The summed E-state index contributed by atoms with van der Waals surface area (Å²) < 4.78 is 5.16. The van der Waals surface area contributed by atoms with Crippen LogP contribution in [0.25, 0.3) is 10.8 Å². The molecule has 1 aromatic heterocycles. The van der Waals surface area contributed by atoms with E-state index in [0.29, 0.717) is 12.2 Å². The van der Waals surface area contributed by atoms with E-state index in [1.165, 1.54) is 6.07 Å². The molecule has 0 bridgehead atoms. The minimum Gasteiger partial charge on any atom is -0.404 e. The van der Waals surface area contributed by atoms with Crippen LogP contribution in [0.2, 0.25) is 0 Å². The van der Waals surface area contributed by atoms with Gasteiger partial charge in [-0.2, -0.15) is 0 Å². The molecule has 0 aliphatic heterocycles. The van der Waals surface area contributed by atoms with Crippen molar-refractivity contribution in [1.82, 2.24) is 0 Å². The number of alkyl halides is 1. The van der Waals surface area contributed by atoms with Crippen LogP contribution >= 0.6 is 11.6 Å². The number of rotatable bonds is 4. The summed E-state index contributed by atoms with van der Waals surface area (Å²) >= 11 is 6.34. The molecule has 0 aliphatic rings. The van der Waals surface area contributed by atoms with Gasteiger partial charge in [-0.3, -0.25) is 10.1 Å². The quantitative estimate of drug-likeness (QED) is 0.392. The second-order valence-corrected chi connectivity index (χ2v) is 5.27. The van der Waals surface area contributed by atoms with Crippen LogP contribution < -0.4 is 0 Å². The standard InChI is InChI=1S/C16H12ClNO3/c17-14(15-8-9-16(21-15)18(19)20)10-12-6-3-5-11-4-1-2-7-13(11)12/h1-9,14H,10H2.